The van der Waals surface area contributed by atoms with Crippen molar-refractivity contribution in [2.45, 2.75) is 26.2 Å². The zero-order valence-electron chi connectivity index (χ0n) is 12.5. The molecular formula is C19H20O2. The summed E-state index contributed by atoms with van der Waals surface area (Å²) in [6.07, 6.45) is 0.959. The van der Waals surface area contributed by atoms with Gasteiger partial charge in [0.15, 0.2) is 5.78 Å². The van der Waals surface area contributed by atoms with E-state index in [-0.39, 0.29) is 11.7 Å². The molecule has 3 rings (SSSR count). The van der Waals surface area contributed by atoms with Gasteiger partial charge < -0.3 is 4.74 Å². The molecule has 2 aromatic rings. The summed E-state index contributed by atoms with van der Waals surface area (Å²) in [4.78, 5) is 12.4. The summed E-state index contributed by atoms with van der Waals surface area (Å²) in [5.74, 6) is 1.68. The summed E-state index contributed by atoms with van der Waals surface area (Å²) in [5, 5.41) is 0. The van der Waals surface area contributed by atoms with Gasteiger partial charge >= 0.3 is 0 Å². The van der Waals surface area contributed by atoms with E-state index in [2.05, 4.69) is 12.1 Å². The molecule has 2 aromatic carbocycles. The maximum atomic E-state index is 12.4. The van der Waals surface area contributed by atoms with E-state index in [1.165, 1.54) is 11.1 Å². The van der Waals surface area contributed by atoms with Crippen LogP contribution >= 0.6 is 0 Å². The molecule has 0 spiro atoms. The van der Waals surface area contributed by atoms with Crippen LogP contribution in [0.4, 0.5) is 0 Å². The molecule has 0 heterocycles. The van der Waals surface area contributed by atoms with Gasteiger partial charge in [-0.3, -0.25) is 4.79 Å². The minimum Gasteiger partial charge on any atom is -0.494 e. The zero-order chi connectivity index (χ0) is 14.8. The molecule has 108 valence electrons. The minimum absolute atomic E-state index is 0.144. The molecule has 2 nitrogen and oxygen atoms in total. The fraction of sp³-hybridized carbons (Fsp3) is 0.316. The maximum Gasteiger partial charge on any atom is 0.166 e. The van der Waals surface area contributed by atoms with Gasteiger partial charge in [0.25, 0.3) is 0 Å². The number of ketones is 1. The number of hydrogen-bond donors (Lipinski definition) is 0. The first-order chi connectivity index (χ1) is 10.2. The van der Waals surface area contributed by atoms with Crippen LogP contribution in [0.15, 0.2) is 48.5 Å². The Morgan fingerprint density at radius 2 is 1.76 bits per heavy atom. The van der Waals surface area contributed by atoms with Crippen LogP contribution in [0, 0.1) is 12.8 Å². The summed E-state index contributed by atoms with van der Waals surface area (Å²) in [7, 11) is 0. The Bertz CT molecular complexity index is 626. The Labute approximate surface area is 125 Å². The lowest BCUT2D eigenvalue weighted by atomic mass is 10.0. The van der Waals surface area contributed by atoms with Crippen molar-refractivity contribution >= 4 is 5.78 Å². The van der Waals surface area contributed by atoms with Crippen LogP contribution in [0.25, 0.3) is 0 Å². The number of carbonyl (C=O) groups is 1. The van der Waals surface area contributed by atoms with Gasteiger partial charge in [-0.05, 0) is 43.9 Å². The Morgan fingerprint density at radius 3 is 2.38 bits per heavy atom. The van der Waals surface area contributed by atoms with Gasteiger partial charge in [0.05, 0.1) is 6.61 Å². The van der Waals surface area contributed by atoms with Gasteiger partial charge in [-0.25, -0.2) is 0 Å². The van der Waals surface area contributed by atoms with Gasteiger partial charge in [-0.2, -0.15) is 0 Å². The van der Waals surface area contributed by atoms with E-state index in [4.69, 9.17) is 4.74 Å². The van der Waals surface area contributed by atoms with Gasteiger partial charge in [-0.1, -0.05) is 42.0 Å². The zero-order valence-corrected chi connectivity index (χ0v) is 12.5. The summed E-state index contributed by atoms with van der Waals surface area (Å²) < 4.78 is 5.45. The molecule has 2 atom stereocenters. The van der Waals surface area contributed by atoms with Crippen molar-refractivity contribution in [2.75, 3.05) is 6.61 Å². The van der Waals surface area contributed by atoms with Crippen LogP contribution < -0.4 is 4.74 Å². The second kappa shape index (κ2) is 5.72. The molecule has 0 saturated heterocycles. The van der Waals surface area contributed by atoms with Crippen molar-refractivity contribution in [3.05, 3.63) is 65.2 Å². The Hall–Kier alpha value is -2.09. The van der Waals surface area contributed by atoms with Crippen LogP contribution in [-0.2, 0) is 0 Å². The Morgan fingerprint density at radius 1 is 1.10 bits per heavy atom. The van der Waals surface area contributed by atoms with Gasteiger partial charge in [-0.15, -0.1) is 0 Å². The van der Waals surface area contributed by atoms with Crippen molar-refractivity contribution in [2.24, 2.45) is 5.92 Å². The molecule has 2 unspecified atom stereocenters. The fourth-order valence-corrected chi connectivity index (χ4v) is 2.76. The van der Waals surface area contributed by atoms with E-state index in [9.17, 15) is 4.79 Å². The van der Waals surface area contributed by atoms with E-state index in [0.29, 0.717) is 12.5 Å². The highest BCUT2D eigenvalue weighted by atomic mass is 16.5. The molecule has 1 aliphatic carbocycles. The predicted molar refractivity (Wildman–Crippen MR) is 84.0 cm³/mol. The number of ether oxygens (including phenoxy) is 1. The van der Waals surface area contributed by atoms with Crippen molar-refractivity contribution < 1.29 is 9.53 Å². The largest absolute Gasteiger partial charge is 0.494 e. The SMILES string of the molecule is CCOc1ccc(C2CC2C(=O)c2ccc(C)cc2)cc1. The maximum absolute atomic E-state index is 12.4. The highest BCUT2D eigenvalue weighted by molar-refractivity contribution is 6.00. The standard InChI is InChI=1S/C19H20O2/c1-3-21-16-10-8-14(9-11-16)17-12-18(17)19(20)15-6-4-13(2)5-7-15/h4-11,17-18H,3,12H2,1-2H3. The van der Waals surface area contributed by atoms with E-state index in [0.717, 1.165) is 17.7 Å². The summed E-state index contributed by atoms with van der Waals surface area (Å²) in [6.45, 7) is 4.69. The molecule has 0 radical (unpaired) electrons. The molecular weight excluding hydrogens is 260 g/mol. The van der Waals surface area contributed by atoms with E-state index < -0.39 is 0 Å². The molecule has 2 heteroatoms. The van der Waals surface area contributed by atoms with Crippen LogP contribution in [-0.4, -0.2) is 12.4 Å². The van der Waals surface area contributed by atoms with Crippen molar-refractivity contribution in [1.82, 2.24) is 0 Å². The van der Waals surface area contributed by atoms with Crippen molar-refractivity contribution in [1.29, 1.82) is 0 Å². The molecule has 1 aliphatic rings. The highest BCUT2D eigenvalue weighted by Gasteiger charge is 2.43. The third kappa shape index (κ3) is 2.99. The molecule has 21 heavy (non-hydrogen) atoms. The second-order valence-corrected chi connectivity index (χ2v) is 5.68. The number of carbonyl (C=O) groups excluding carboxylic acids is 1. The molecule has 0 aliphatic heterocycles. The van der Waals surface area contributed by atoms with E-state index in [1.807, 2.05) is 50.2 Å². The average Bonchev–Trinajstić information content (AvgIpc) is 3.29. The van der Waals surface area contributed by atoms with E-state index in [1.54, 1.807) is 0 Å². The first-order valence-corrected chi connectivity index (χ1v) is 7.52. The number of Topliss-reactive ketones (excluding diaryl/α,β-unsaturated/α-hetero) is 1. The van der Waals surface area contributed by atoms with E-state index >= 15 is 0 Å². The van der Waals surface area contributed by atoms with Gasteiger partial charge in [0.2, 0.25) is 0 Å². The van der Waals surface area contributed by atoms with Crippen LogP contribution in [0.1, 0.15) is 40.7 Å². The summed E-state index contributed by atoms with van der Waals surface area (Å²) in [5.41, 5.74) is 3.26. The number of rotatable bonds is 5. The minimum atomic E-state index is 0.144. The van der Waals surface area contributed by atoms with Crippen molar-refractivity contribution in [3.8, 4) is 5.75 Å². The van der Waals surface area contributed by atoms with Crippen molar-refractivity contribution in [3.63, 3.8) is 0 Å². The Kier molecular flexibility index (Phi) is 3.78. The molecule has 0 N–H and O–H groups in total. The predicted octanol–water partition coefficient (Wildman–Crippen LogP) is 4.38. The molecule has 1 saturated carbocycles. The lowest BCUT2D eigenvalue weighted by molar-refractivity contribution is 0.0965. The lowest BCUT2D eigenvalue weighted by Gasteiger charge is -2.05. The molecule has 0 aromatic heterocycles. The van der Waals surface area contributed by atoms with Crippen LogP contribution in [0.3, 0.4) is 0 Å². The molecule has 1 fully saturated rings. The Balaban J connectivity index is 1.68. The normalized spacial score (nSPS) is 20.1. The summed E-state index contributed by atoms with van der Waals surface area (Å²) >= 11 is 0. The number of hydrogen-bond acceptors (Lipinski definition) is 2. The molecule has 0 bridgehead atoms. The topological polar surface area (TPSA) is 26.3 Å². The second-order valence-electron chi connectivity index (χ2n) is 5.68. The van der Waals surface area contributed by atoms with Crippen LogP contribution in [0.5, 0.6) is 5.75 Å². The third-order valence-electron chi connectivity index (χ3n) is 4.08. The quantitative estimate of drug-likeness (QED) is 0.760. The first-order valence-electron chi connectivity index (χ1n) is 7.52. The summed E-state index contributed by atoms with van der Waals surface area (Å²) in [6, 6.07) is 16.0. The number of benzene rings is 2. The molecule has 0 amide bonds. The van der Waals surface area contributed by atoms with Gasteiger partial charge in [0.1, 0.15) is 5.75 Å². The third-order valence-corrected chi connectivity index (χ3v) is 4.08. The highest BCUT2D eigenvalue weighted by Crippen LogP contribution is 2.49. The first kappa shape index (κ1) is 13.9. The smallest absolute Gasteiger partial charge is 0.166 e. The lowest BCUT2D eigenvalue weighted by Crippen LogP contribution is -2.03. The van der Waals surface area contributed by atoms with Crippen LogP contribution in [0.2, 0.25) is 0 Å². The fourth-order valence-electron chi connectivity index (χ4n) is 2.76. The average molecular weight is 280 g/mol. The van der Waals surface area contributed by atoms with Gasteiger partial charge in [0, 0.05) is 11.5 Å². The monoisotopic (exact) mass is 280 g/mol. The number of aryl methyl sites for hydroxylation is 1.